The Bertz CT molecular complexity index is 554. The van der Waals surface area contributed by atoms with Crippen molar-refractivity contribution in [1.29, 1.82) is 0 Å². The second kappa shape index (κ2) is 3.40. The van der Waals surface area contributed by atoms with Crippen molar-refractivity contribution in [1.82, 2.24) is 4.98 Å². The lowest BCUT2D eigenvalue weighted by Gasteiger charge is -2.03. The number of carboxylic acid groups (broad SMARTS) is 1. The van der Waals surface area contributed by atoms with Crippen LogP contribution >= 0.6 is 11.6 Å². The monoisotopic (exact) mass is 222 g/mol. The molecule has 1 aromatic carbocycles. The molecule has 2 aromatic rings. The minimum Gasteiger partial charge on any atom is -0.506 e. The number of benzene rings is 1. The van der Waals surface area contributed by atoms with Gasteiger partial charge in [0.2, 0.25) is 0 Å². The summed E-state index contributed by atoms with van der Waals surface area (Å²) in [6.45, 7) is 0. The zero-order valence-electron chi connectivity index (χ0n) is 7.36. The van der Waals surface area contributed by atoms with Crippen LogP contribution in [-0.4, -0.2) is 21.2 Å². The molecule has 0 amide bonds. The van der Waals surface area contributed by atoms with E-state index in [9.17, 15) is 9.90 Å². The average molecular weight is 223 g/mol. The van der Waals surface area contributed by atoms with Crippen LogP contribution in [0.25, 0.3) is 10.9 Å². The van der Waals surface area contributed by atoms with Crippen LogP contribution in [0.15, 0.2) is 18.2 Å². The molecule has 5 heteroatoms. The number of aromatic nitrogens is 1. The molecule has 0 atom stereocenters. The first-order chi connectivity index (χ1) is 7.09. The highest BCUT2D eigenvalue weighted by Gasteiger charge is 2.14. The molecule has 4 nitrogen and oxygen atoms in total. The molecule has 1 aromatic heterocycles. The zero-order valence-corrected chi connectivity index (χ0v) is 8.12. The topological polar surface area (TPSA) is 70.4 Å². The normalized spacial score (nSPS) is 10.5. The fourth-order valence-electron chi connectivity index (χ4n) is 1.25. The second-order valence-electron chi connectivity index (χ2n) is 2.91. The second-order valence-corrected chi connectivity index (χ2v) is 3.35. The maximum atomic E-state index is 10.7. The van der Waals surface area contributed by atoms with Gasteiger partial charge >= 0.3 is 5.97 Å². The quantitative estimate of drug-likeness (QED) is 0.775. The summed E-state index contributed by atoms with van der Waals surface area (Å²) in [4.78, 5) is 14.4. The molecule has 0 aliphatic heterocycles. The van der Waals surface area contributed by atoms with Gasteiger partial charge in [-0.15, -0.1) is 0 Å². The Morgan fingerprint density at radius 3 is 2.87 bits per heavy atom. The van der Waals surface area contributed by atoms with Gasteiger partial charge in [0.25, 0.3) is 0 Å². The van der Waals surface area contributed by atoms with Crippen molar-refractivity contribution >= 4 is 28.5 Å². The number of aromatic hydroxyl groups is 1. The molecule has 2 N–H and O–H groups in total. The molecule has 0 bridgehead atoms. The van der Waals surface area contributed by atoms with E-state index < -0.39 is 5.97 Å². The van der Waals surface area contributed by atoms with Gasteiger partial charge < -0.3 is 10.2 Å². The number of carboxylic acids is 1. The van der Waals surface area contributed by atoms with Crippen LogP contribution in [0.3, 0.4) is 0 Å². The molecule has 0 spiro atoms. The Kier molecular flexibility index (Phi) is 2.21. The summed E-state index contributed by atoms with van der Waals surface area (Å²) in [5, 5.41) is 19.1. The van der Waals surface area contributed by atoms with E-state index >= 15 is 0 Å². The van der Waals surface area contributed by atoms with E-state index in [0.717, 1.165) is 0 Å². The summed E-state index contributed by atoms with van der Waals surface area (Å²) in [5.41, 5.74) is 0.0647. The van der Waals surface area contributed by atoms with Gasteiger partial charge in [0.05, 0.1) is 5.52 Å². The summed E-state index contributed by atoms with van der Waals surface area (Å²) >= 11 is 5.72. The van der Waals surface area contributed by atoms with Crippen LogP contribution in [0.2, 0.25) is 5.02 Å². The molecule has 75 valence electrons. The van der Waals surface area contributed by atoms with Crippen LogP contribution in [0.1, 0.15) is 10.4 Å². The van der Waals surface area contributed by atoms with E-state index in [2.05, 4.69) is 11.2 Å². The molecule has 0 saturated carbocycles. The molecular weight excluding hydrogens is 218 g/mol. The summed E-state index contributed by atoms with van der Waals surface area (Å²) in [7, 11) is 0. The number of pyridine rings is 1. The summed E-state index contributed by atoms with van der Waals surface area (Å²) in [5.74, 6) is -1.61. The van der Waals surface area contributed by atoms with Crippen LogP contribution < -0.4 is 0 Å². The Hall–Kier alpha value is -1.81. The van der Waals surface area contributed by atoms with Gasteiger partial charge in [-0.05, 0) is 18.2 Å². The van der Waals surface area contributed by atoms with Gasteiger partial charge in [-0.3, -0.25) is 0 Å². The molecule has 0 unspecified atom stereocenters. The zero-order chi connectivity index (χ0) is 11.0. The number of rotatable bonds is 1. The van der Waals surface area contributed by atoms with Gasteiger partial charge in [0, 0.05) is 10.4 Å². The van der Waals surface area contributed by atoms with E-state index in [1.54, 1.807) is 6.07 Å². The third-order valence-corrected chi connectivity index (χ3v) is 2.19. The fourth-order valence-corrected chi connectivity index (χ4v) is 1.42. The van der Waals surface area contributed by atoms with E-state index in [1.165, 1.54) is 12.1 Å². The smallest absolute Gasteiger partial charge is 0.341 e. The van der Waals surface area contributed by atoms with E-state index in [4.69, 9.17) is 16.7 Å². The van der Waals surface area contributed by atoms with Gasteiger partial charge in [-0.25, -0.2) is 9.78 Å². The Balaban J connectivity index is 2.80. The lowest BCUT2D eigenvalue weighted by molar-refractivity contribution is 0.0693. The predicted octanol–water partition coefficient (Wildman–Crippen LogP) is 2.09. The molecule has 1 radical (unpaired) electrons. The molecule has 0 fully saturated rings. The van der Waals surface area contributed by atoms with E-state index in [-0.39, 0.29) is 11.3 Å². The van der Waals surface area contributed by atoms with Crippen molar-refractivity contribution in [2.45, 2.75) is 0 Å². The summed E-state index contributed by atoms with van der Waals surface area (Å²) in [6, 6.07) is 4.59. The van der Waals surface area contributed by atoms with Crippen LogP contribution in [0.4, 0.5) is 0 Å². The first kappa shape index (κ1) is 9.73. The molecule has 15 heavy (non-hydrogen) atoms. The van der Waals surface area contributed by atoms with E-state index in [1.807, 2.05) is 0 Å². The number of halogens is 1. The SMILES string of the molecule is O=C(O)c1[c]nc2cc(Cl)ccc2c1O. The van der Waals surface area contributed by atoms with Crippen molar-refractivity contribution in [2.75, 3.05) is 0 Å². The highest BCUT2D eigenvalue weighted by atomic mass is 35.5. The lowest BCUT2D eigenvalue weighted by atomic mass is 10.1. The van der Waals surface area contributed by atoms with Crippen molar-refractivity contribution in [3.8, 4) is 5.75 Å². The van der Waals surface area contributed by atoms with Crippen molar-refractivity contribution in [3.63, 3.8) is 0 Å². The van der Waals surface area contributed by atoms with Crippen molar-refractivity contribution < 1.29 is 15.0 Å². The highest BCUT2D eigenvalue weighted by molar-refractivity contribution is 6.31. The standard InChI is InChI=1S/C10H5ClNO3/c11-5-1-2-6-8(3-5)12-4-7(9(6)13)10(14)15/h1-3H,(H,12,13)(H,14,15). The highest BCUT2D eigenvalue weighted by Crippen LogP contribution is 2.28. The minimum atomic E-state index is -1.27. The predicted molar refractivity (Wildman–Crippen MR) is 54.2 cm³/mol. The van der Waals surface area contributed by atoms with Crippen LogP contribution in [0, 0.1) is 6.20 Å². The molecular formula is C10H5ClNO3. The van der Waals surface area contributed by atoms with Gasteiger partial charge in [-0.2, -0.15) is 0 Å². The number of carbonyl (C=O) groups is 1. The van der Waals surface area contributed by atoms with Crippen LogP contribution in [-0.2, 0) is 0 Å². The first-order valence-corrected chi connectivity index (χ1v) is 4.40. The number of aromatic carboxylic acids is 1. The van der Waals surface area contributed by atoms with Crippen molar-refractivity contribution in [2.24, 2.45) is 0 Å². The molecule has 0 saturated heterocycles. The van der Waals surface area contributed by atoms with Crippen LogP contribution in [0.5, 0.6) is 5.75 Å². The third-order valence-electron chi connectivity index (χ3n) is 1.95. The number of nitrogens with zero attached hydrogens (tertiary/aromatic N) is 1. The Morgan fingerprint density at radius 1 is 1.47 bits per heavy atom. The third kappa shape index (κ3) is 1.59. The maximum Gasteiger partial charge on any atom is 0.341 e. The van der Waals surface area contributed by atoms with Crippen molar-refractivity contribution in [3.05, 3.63) is 35.0 Å². The maximum absolute atomic E-state index is 10.7. The molecule has 0 aliphatic rings. The first-order valence-electron chi connectivity index (χ1n) is 4.03. The number of hydrogen-bond donors (Lipinski definition) is 2. The number of hydrogen-bond acceptors (Lipinski definition) is 3. The molecule has 0 aliphatic carbocycles. The fraction of sp³-hybridized carbons (Fsp3) is 0. The van der Waals surface area contributed by atoms with E-state index in [0.29, 0.717) is 15.9 Å². The lowest BCUT2D eigenvalue weighted by Crippen LogP contribution is -1.98. The number of fused-ring (bicyclic) bond motifs is 1. The van der Waals surface area contributed by atoms with Gasteiger partial charge in [0.1, 0.15) is 17.5 Å². The van der Waals surface area contributed by atoms with Gasteiger partial charge in [-0.1, -0.05) is 11.6 Å². The largest absolute Gasteiger partial charge is 0.506 e. The average Bonchev–Trinajstić information content (AvgIpc) is 2.17. The minimum absolute atomic E-state index is 0.343. The molecule has 1 heterocycles. The Labute approximate surface area is 89.8 Å². The Morgan fingerprint density at radius 2 is 2.20 bits per heavy atom. The molecule has 2 rings (SSSR count). The summed E-state index contributed by atoms with van der Waals surface area (Å²) < 4.78 is 0. The summed E-state index contributed by atoms with van der Waals surface area (Å²) in [6.07, 6.45) is 2.25. The van der Waals surface area contributed by atoms with Gasteiger partial charge in [0.15, 0.2) is 0 Å².